The predicted octanol–water partition coefficient (Wildman–Crippen LogP) is 7.31. The maximum absolute atomic E-state index is 6.03. The Morgan fingerprint density at radius 2 is 1.48 bits per heavy atom. The van der Waals surface area contributed by atoms with Gasteiger partial charge in [-0.25, -0.2) is 0 Å². The van der Waals surface area contributed by atoms with Crippen LogP contribution in [-0.4, -0.2) is 12.6 Å². The fourth-order valence-electron chi connectivity index (χ4n) is 3.35. The van der Waals surface area contributed by atoms with Gasteiger partial charge in [0, 0.05) is 44.7 Å². The first-order valence-corrected chi connectivity index (χ1v) is 10.1. The first-order valence-electron chi connectivity index (χ1n) is 9.26. The Balaban J connectivity index is 1.74. The van der Waals surface area contributed by atoms with Gasteiger partial charge in [0.05, 0.1) is 0 Å². The molecule has 0 aliphatic heterocycles. The van der Waals surface area contributed by atoms with Gasteiger partial charge < -0.3 is 9.64 Å². The zero-order chi connectivity index (χ0) is 19.2. The highest BCUT2D eigenvalue weighted by atomic mass is 32.1. The van der Waals surface area contributed by atoms with Crippen LogP contribution in [0.3, 0.4) is 0 Å². The standard InChI is InChI=1S/C24H25NOS/c1-16-9-11-22-20(13-16)21-15-18(10-12-23(21)27-22)25(5)17-7-6-8-19(14-17)26-24(2,3)4/h6-15H,1-5H3. The molecular weight excluding hydrogens is 350 g/mol. The van der Waals surface area contributed by atoms with Crippen molar-refractivity contribution in [3.05, 3.63) is 66.2 Å². The van der Waals surface area contributed by atoms with Crippen molar-refractivity contribution in [1.29, 1.82) is 0 Å². The maximum atomic E-state index is 6.03. The molecule has 0 amide bonds. The van der Waals surface area contributed by atoms with Crippen LogP contribution < -0.4 is 9.64 Å². The van der Waals surface area contributed by atoms with Crippen molar-refractivity contribution in [2.75, 3.05) is 11.9 Å². The highest BCUT2D eigenvalue weighted by Crippen LogP contribution is 2.38. The van der Waals surface area contributed by atoms with E-state index in [4.69, 9.17) is 4.74 Å². The van der Waals surface area contributed by atoms with E-state index in [9.17, 15) is 0 Å². The lowest BCUT2D eigenvalue weighted by molar-refractivity contribution is 0.131. The molecule has 1 aromatic heterocycles. The SMILES string of the molecule is Cc1ccc2sc3ccc(N(C)c4cccc(OC(C)(C)C)c4)cc3c2c1. The van der Waals surface area contributed by atoms with E-state index >= 15 is 0 Å². The fraction of sp³-hybridized carbons (Fsp3) is 0.250. The molecule has 0 aliphatic rings. The number of hydrogen-bond acceptors (Lipinski definition) is 3. The monoisotopic (exact) mass is 375 g/mol. The van der Waals surface area contributed by atoms with Crippen molar-refractivity contribution in [1.82, 2.24) is 0 Å². The molecule has 3 aromatic carbocycles. The summed E-state index contributed by atoms with van der Waals surface area (Å²) >= 11 is 1.86. The molecule has 138 valence electrons. The highest BCUT2D eigenvalue weighted by molar-refractivity contribution is 7.25. The molecule has 3 heteroatoms. The van der Waals surface area contributed by atoms with Crippen molar-refractivity contribution in [3.63, 3.8) is 0 Å². The second-order valence-corrected chi connectivity index (χ2v) is 9.14. The number of anilines is 2. The molecule has 4 rings (SSSR count). The van der Waals surface area contributed by atoms with Crippen LogP contribution in [0.5, 0.6) is 5.75 Å². The number of benzene rings is 3. The van der Waals surface area contributed by atoms with Gasteiger partial charge in [0.25, 0.3) is 0 Å². The lowest BCUT2D eigenvalue weighted by Gasteiger charge is -2.24. The predicted molar refractivity (Wildman–Crippen MR) is 119 cm³/mol. The third kappa shape index (κ3) is 3.65. The fourth-order valence-corrected chi connectivity index (χ4v) is 4.41. The van der Waals surface area contributed by atoms with E-state index in [0.29, 0.717) is 0 Å². The van der Waals surface area contributed by atoms with Crippen LogP contribution in [0, 0.1) is 6.92 Å². The summed E-state index contributed by atoms with van der Waals surface area (Å²) in [5, 5.41) is 2.67. The molecule has 0 radical (unpaired) electrons. The second kappa shape index (κ2) is 6.58. The number of rotatable bonds is 3. The minimum absolute atomic E-state index is 0.205. The molecule has 1 heterocycles. The highest BCUT2D eigenvalue weighted by Gasteiger charge is 2.14. The van der Waals surface area contributed by atoms with Crippen LogP contribution in [0.2, 0.25) is 0 Å². The van der Waals surface area contributed by atoms with E-state index < -0.39 is 0 Å². The summed E-state index contributed by atoms with van der Waals surface area (Å²) < 4.78 is 8.71. The van der Waals surface area contributed by atoms with E-state index in [-0.39, 0.29) is 5.60 Å². The van der Waals surface area contributed by atoms with Crippen LogP contribution in [0.1, 0.15) is 26.3 Å². The molecule has 0 saturated heterocycles. The van der Waals surface area contributed by atoms with Gasteiger partial charge in [-0.05, 0) is 70.2 Å². The minimum Gasteiger partial charge on any atom is -0.488 e. The minimum atomic E-state index is -0.205. The van der Waals surface area contributed by atoms with Crippen molar-refractivity contribution >= 4 is 42.9 Å². The molecule has 0 bridgehead atoms. The van der Waals surface area contributed by atoms with Crippen LogP contribution in [0.25, 0.3) is 20.2 Å². The molecule has 0 fully saturated rings. The lowest BCUT2D eigenvalue weighted by atomic mass is 10.1. The summed E-state index contributed by atoms with van der Waals surface area (Å²) in [7, 11) is 2.11. The van der Waals surface area contributed by atoms with Crippen LogP contribution in [-0.2, 0) is 0 Å². The number of aryl methyl sites for hydroxylation is 1. The number of fused-ring (bicyclic) bond motifs is 3. The third-order valence-corrected chi connectivity index (χ3v) is 5.78. The lowest BCUT2D eigenvalue weighted by Crippen LogP contribution is -2.23. The Kier molecular flexibility index (Phi) is 4.35. The molecule has 0 aliphatic carbocycles. The number of nitrogens with zero attached hydrogens (tertiary/aromatic N) is 1. The van der Waals surface area contributed by atoms with E-state index in [1.165, 1.54) is 31.4 Å². The Labute approximate surface area is 165 Å². The summed E-state index contributed by atoms with van der Waals surface area (Å²) in [6, 6.07) is 21.7. The maximum Gasteiger partial charge on any atom is 0.122 e. The van der Waals surface area contributed by atoms with E-state index in [1.54, 1.807) is 0 Å². The topological polar surface area (TPSA) is 12.5 Å². The van der Waals surface area contributed by atoms with Crippen molar-refractivity contribution in [2.24, 2.45) is 0 Å². The first-order chi connectivity index (χ1) is 12.8. The summed E-state index contributed by atoms with van der Waals surface area (Å²) in [6.07, 6.45) is 0. The molecule has 0 atom stereocenters. The Hall–Kier alpha value is -2.52. The van der Waals surface area contributed by atoms with Crippen LogP contribution >= 0.6 is 11.3 Å². The number of hydrogen-bond donors (Lipinski definition) is 0. The average molecular weight is 376 g/mol. The Bertz CT molecular complexity index is 1120. The van der Waals surface area contributed by atoms with Gasteiger partial charge in [-0.3, -0.25) is 0 Å². The van der Waals surface area contributed by atoms with Gasteiger partial charge in [0.2, 0.25) is 0 Å². The molecule has 0 saturated carbocycles. The van der Waals surface area contributed by atoms with Gasteiger partial charge in [-0.1, -0.05) is 17.7 Å². The molecule has 2 nitrogen and oxygen atoms in total. The molecular formula is C24H25NOS. The van der Waals surface area contributed by atoms with Crippen molar-refractivity contribution < 1.29 is 4.74 Å². The van der Waals surface area contributed by atoms with Crippen molar-refractivity contribution in [3.8, 4) is 5.75 Å². The Morgan fingerprint density at radius 1 is 0.815 bits per heavy atom. The quantitative estimate of drug-likeness (QED) is 0.372. The van der Waals surface area contributed by atoms with E-state index in [1.807, 2.05) is 17.4 Å². The summed E-state index contributed by atoms with van der Waals surface area (Å²) in [5.74, 6) is 0.893. The van der Waals surface area contributed by atoms with Crippen LogP contribution in [0.15, 0.2) is 60.7 Å². The molecule has 4 aromatic rings. The molecule has 0 N–H and O–H groups in total. The molecule has 0 unspecified atom stereocenters. The van der Waals surface area contributed by atoms with Crippen molar-refractivity contribution in [2.45, 2.75) is 33.3 Å². The molecule has 0 spiro atoms. The first kappa shape index (κ1) is 17.9. The largest absolute Gasteiger partial charge is 0.488 e. The van der Waals surface area contributed by atoms with E-state index in [2.05, 4.69) is 94.2 Å². The third-order valence-electron chi connectivity index (χ3n) is 4.62. The average Bonchev–Trinajstić information content (AvgIpc) is 2.97. The Morgan fingerprint density at radius 3 is 2.22 bits per heavy atom. The summed E-state index contributed by atoms with van der Waals surface area (Å²) in [6.45, 7) is 8.36. The number of ether oxygens (including phenoxy) is 1. The van der Waals surface area contributed by atoms with Gasteiger partial charge in [-0.2, -0.15) is 0 Å². The second-order valence-electron chi connectivity index (χ2n) is 8.05. The smallest absolute Gasteiger partial charge is 0.122 e. The van der Waals surface area contributed by atoms with Gasteiger partial charge >= 0.3 is 0 Å². The normalized spacial score (nSPS) is 11.9. The zero-order valence-electron chi connectivity index (χ0n) is 16.5. The van der Waals surface area contributed by atoms with Crippen LogP contribution in [0.4, 0.5) is 11.4 Å². The van der Waals surface area contributed by atoms with Gasteiger partial charge in [0.1, 0.15) is 11.4 Å². The summed E-state index contributed by atoms with van der Waals surface area (Å²) in [5.41, 5.74) is 3.39. The van der Waals surface area contributed by atoms with E-state index in [0.717, 1.165) is 11.4 Å². The summed E-state index contributed by atoms with van der Waals surface area (Å²) in [4.78, 5) is 2.22. The molecule has 27 heavy (non-hydrogen) atoms. The number of thiophene rings is 1. The zero-order valence-corrected chi connectivity index (χ0v) is 17.4. The van der Waals surface area contributed by atoms with Gasteiger partial charge in [0.15, 0.2) is 0 Å². The van der Waals surface area contributed by atoms with Gasteiger partial charge in [-0.15, -0.1) is 11.3 Å².